The van der Waals surface area contributed by atoms with Gasteiger partial charge in [0.15, 0.2) is 0 Å². The fourth-order valence-electron chi connectivity index (χ4n) is 3.51. The Balaban J connectivity index is 1.96. The molecule has 0 spiro atoms. The van der Waals surface area contributed by atoms with Crippen LogP contribution in [0.15, 0.2) is 24.3 Å². The highest BCUT2D eigenvalue weighted by atomic mass is 16.6. The van der Waals surface area contributed by atoms with E-state index in [2.05, 4.69) is 29.1 Å². The van der Waals surface area contributed by atoms with Gasteiger partial charge in [0.05, 0.1) is 12.0 Å². The van der Waals surface area contributed by atoms with Crippen LogP contribution in [0.2, 0.25) is 0 Å². The molecule has 2 aromatic rings. The van der Waals surface area contributed by atoms with Gasteiger partial charge in [0, 0.05) is 18.8 Å². The molecule has 27 heavy (non-hydrogen) atoms. The summed E-state index contributed by atoms with van der Waals surface area (Å²) in [6.07, 6.45) is 1.13. The minimum Gasteiger partial charge on any atom is -0.497 e. The SMILES string of the molecule is COc1ccc(Nc2nc(N3C[C@@H](C)C[C@H](C)C3)nc(N)c2[N+](=O)[O-])cc1. The van der Waals surface area contributed by atoms with Crippen molar-refractivity contribution in [1.29, 1.82) is 0 Å². The van der Waals surface area contributed by atoms with Crippen molar-refractivity contribution in [1.82, 2.24) is 9.97 Å². The molecule has 3 rings (SSSR count). The number of nitrogens with one attached hydrogen (secondary N) is 1. The number of aromatic nitrogens is 2. The molecule has 0 bridgehead atoms. The zero-order valence-electron chi connectivity index (χ0n) is 15.7. The molecule has 144 valence electrons. The van der Waals surface area contributed by atoms with Gasteiger partial charge in [-0.05, 0) is 42.5 Å². The van der Waals surface area contributed by atoms with Crippen LogP contribution in [0, 0.1) is 22.0 Å². The Labute approximate surface area is 157 Å². The predicted octanol–water partition coefficient (Wildman–Crippen LogP) is 3.20. The molecule has 0 amide bonds. The van der Waals surface area contributed by atoms with Gasteiger partial charge in [0.2, 0.25) is 17.6 Å². The monoisotopic (exact) mass is 372 g/mol. The molecule has 1 fully saturated rings. The molecule has 0 aliphatic carbocycles. The van der Waals surface area contributed by atoms with Crippen molar-refractivity contribution in [2.75, 3.05) is 36.1 Å². The van der Waals surface area contributed by atoms with Gasteiger partial charge in [-0.15, -0.1) is 0 Å². The average Bonchev–Trinajstić information content (AvgIpc) is 2.60. The highest BCUT2D eigenvalue weighted by Gasteiger charge is 2.28. The molecular formula is C18H24N6O3. The first kappa shape index (κ1) is 18.7. The molecule has 1 saturated heterocycles. The van der Waals surface area contributed by atoms with Crippen molar-refractivity contribution >= 4 is 29.0 Å². The fourth-order valence-corrected chi connectivity index (χ4v) is 3.51. The van der Waals surface area contributed by atoms with Crippen LogP contribution in [0.4, 0.5) is 29.0 Å². The van der Waals surface area contributed by atoms with Gasteiger partial charge in [0.25, 0.3) is 0 Å². The van der Waals surface area contributed by atoms with Crippen LogP contribution < -0.4 is 20.7 Å². The maximum atomic E-state index is 11.5. The Kier molecular flexibility index (Phi) is 5.29. The van der Waals surface area contributed by atoms with Crippen LogP contribution in [0.1, 0.15) is 20.3 Å². The topological polar surface area (TPSA) is 119 Å². The van der Waals surface area contributed by atoms with Gasteiger partial charge < -0.3 is 20.7 Å². The second-order valence-corrected chi connectivity index (χ2v) is 7.07. The van der Waals surface area contributed by atoms with Crippen molar-refractivity contribution < 1.29 is 9.66 Å². The smallest absolute Gasteiger partial charge is 0.353 e. The van der Waals surface area contributed by atoms with Crippen LogP contribution in [0.25, 0.3) is 0 Å². The number of nitro groups is 1. The number of methoxy groups -OCH3 is 1. The zero-order valence-corrected chi connectivity index (χ0v) is 15.7. The number of hydrogen-bond donors (Lipinski definition) is 2. The van der Waals surface area contributed by atoms with Gasteiger partial charge >= 0.3 is 5.69 Å². The standard InChI is InChI=1S/C18H24N6O3/c1-11-8-12(2)10-23(9-11)18-21-16(19)15(24(25)26)17(22-18)20-13-4-6-14(27-3)7-5-13/h4-7,11-12H,8-10H2,1-3H3,(H3,19,20,21,22)/t11-,12-/m0/s1. The summed E-state index contributed by atoms with van der Waals surface area (Å²) in [5.74, 6) is 2.02. The lowest BCUT2D eigenvalue weighted by Crippen LogP contribution is -2.39. The average molecular weight is 372 g/mol. The Morgan fingerprint density at radius 1 is 1.22 bits per heavy atom. The van der Waals surface area contributed by atoms with E-state index in [0.29, 0.717) is 29.2 Å². The normalized spacial score (nSPS) is 19.6. The summed E-state index contributed by atoms with van der Waals surface area (Å²) < 4.78 is 5.13. The summed E-state index contributed by atoms with van der Waals surface area (Å²) in [6, 6.07) is 7.03. The number of nitrogens with two attached hydrogens (primary N) is 1. The molecular weight excluding hydrogens is 348 g/mol. The first-order chi connectivity index (χ1) is 12.9. The van der Waals surface area contributed by atoms with Gasteiger partial charge in [-0.2, -0.15) is 9.97 Å². The van der Waals surface area contributed by atoms with E-state index in [1.54, 1.807) is 31.4 Å². The van der Waals surface area contributed by atoms with Crippen molar-refractivity contribution in [2.45, 2.75) is 20.3 Å². The molecule has 1 aromatic heterocycles. The number of nitrogen functional groups attached to an aromatic ring is 1. The molecule has 1 aliphatic heterocycles. The van der Waals surface area contributed by atoms with Crippen molar-refractivity contribution in [3.8, 4) is 5.75 Å². The number of piperidine rings is 1. The van der Waals surface area contributed by atoms with Crippen LogP contribution in [-0.4, -0.2) is 35.1 Å². The van der Waals surface area contributed by atoms with Gasteiger partial charge in [-0.3, -0.25) is 10.1 Å². The maximum absolute atomic E-state index is 11.5. The third-order valence-electron chi connectivity index (χ3n) is 4.59. The van der Waals surface area contributed by atoms with Gasteiger partial charge in [0.1, 0.15) is 5.75 Å². The molecule has 0 radical (unpaired) electrons. The van der Waals surface area contributed by atoms with E-state index < -0.39 is 4.92 Å². The van der Waals surface area contributed by atoms with E-state index in [-0.39, 0.29) is 17.3 Å². The lowest BCUT2D eigenvalue weighted by atomic mass is 9.92. The molecule has 3 N–H and O–H groups in total. The molecule has 9 nitrogen and oxygen atoms in total. The highest BCUT2D eigenvalue weighted by Crippen LogP contribution is 2.34. The maximum Gasteiger partial charge on any atom is 0.353 e. The first-order valence-electron chi connectivity index (χ1n) is 8.85. The number of benzene rings is 1. The Hall–Kier alpha value is -3.10. The van der Waals surface area contributed by atoms with Gasteiger partial charge in [-0.25, -0.2) is 0 Å². The molecule has 0 saturated carbocycles. The summed E-state index contributed by atoms with van der Waals surface area (Å²) in [7, 11) is 1.57. The quantitative estimate of drug-likeness (QED) is 0.606. The minimum absolute atomic E-state index is 0.0820. The summed E-state index contributed by atoms with van der Waals surface area (Å²) in [4.78, 5) is 21.6. The Bertz CT molecular complexity index is 817. The third kappa shape index (κ3) is 4.18. The summed E-state index contributed by atoms with van der Waals surface area (Å²) in [5.41, 5.74) is 6.23. The van der Waals surface area contributed by atoms with Gasteiger partial charge in [-0.1, -0.05) is 13.8 Å². The molecule has 1 aromatic carbocycles. The van der Waals surface area contributed by atoms with E-state index in [4.69, 9.17) is 10.5 Å². The van der Waals surface area contributed by atoms with Crippen LogP contribution in [-0.2, 0) is 0 Å². The van der Waals surface area contributed by atoms with E-state index >= 15 is 0 Å². The van der Waals surface area contributed by atoms with Crippen LogP contribution in [0.3, 0.4) is 0 Å². The lowest BCUT2D eigenvalue weighted by Gasteiger charge is -2.35. The molecule has 0 unspecified atom stereocenters. The molecule has 1 aliphatic rings. The summed E-state index contributed by atoms with van der Waals surface area (Å²) >= 11 is 0. The number of nitrogens with zero attached hydrogens (tertiary/aromatic N) is 4. The number of rotatable bonds is 5. The summed E-state index contributed by atoms with van der Waals surface area (Å²) in [6.45, 7) is 5.94. The number of anilines is 4. The first-order valence-corrected chi connectivity index (χ1v) is 8.85. The van der Waals surface area contributed by atoms with Crippen molar-refractivity contribution in [3.63, 3.8) is 0 Å². The van der Waals surface area contributed by atoms with Crippen LogP contribution >= 0.6 is 0 Å². The third-order valence-corrected chi connectivity index (χ3v) is 4.59. The van der Waals surface area contributed by atoms with Crippen molar-refractivity contribution in [2.24, 2.45) is 11.8 Å². The van der Waals surface area contributed by atoms with Crippen LogP contribution in [0.5, 0.6) is 5.75 Å². The van der Waals surface area contributed by atoms with E-state index in [0.717, 1.165) is 19.5 Å². The number of hydrogen-bond acceptors (Lipinski definition) is 8. The predicted molar refractivity (Wildman–Crippen MR) is 105 cm³/mol. The fraction of sp³-hybridized carbons (Fsp3) is 0.444. The number of ether oxygens (including phenoxy) is 1. The molecule has 9 heteroatoms. The van der Waals surface area contributed by atoms with E-state index in [1.807, 2.05) is 4.90 Å². The lowest BCUT2D eigenvalue weighted by molar-refractivity contribution is -0.383. The largest absolute Gasteiger partial charge is 0.497 e. The second kappa shape index (κ2) is 7.65. The highest BCUT2D eigenvalue weighted by molar-refractivity contribution is 5.74. The van der Waals surface area contributed by atoms with E-state index in [9.17, 15) is 10.1 Å². The molecule has 2 atom stereocenters. The van der Waals surface area contributed by atoms with E-state index in [1.165, 1.54) is 0 Å². The summed E-state index contributed by atoms with van der Waals surface area (Å²) in [5, 5.41) is 14.5. The minimum atomic E-state index is -0.563. The van der Waals surface area contributed by atoms with Crippen molar-refractivity contribution in [3.05, 3.63) is 34.4 Å². The Morgan fingerprint density at radius 3 is 2.41 bits per heavy atom. The second-order valence-electron chi connectivity index (χ2n) is 7.07. The zero-order chi connectivity index (χ0) is 19.6. The Morgan fingerprint density at radius 2 is 1.85 bits per heavy atom. The molecule has 2 heterocycles.